The Morgan fingerprint density at radius 2 is 1.87 bits per heavy atom. The van der Waals surface area contributed by atoms with Gasteiger partial charge >= 0.3 is 0 Å². The van der Waals surface area contributed by atoms with Gasteiger partial charge in [-0.1, -0.05) is 36.0 Å². The third-order valence-corrected chi connectivity index (χ3v) is 5.68. The van der Waals surface area contributed by atoms with Crippen LogP contribution in [0.5, 0.6) is 11.5 Å². The number of aliphatic imine (C=N–C) groups is 1. The third kappa shape index (κ3) is 1.94. The Hall–Kier alpha value is -2.20. The van der Waals surface area contributed by atoms with E-state index in [0.29, 0.717) is 13.2 Å². The lowest BCUT2D eigenvalue weighted by molar-refractivity contribution is 0.171. The topological polar surface area (TPSA) is 30.8 Å². The Labute approximate surface area is 139 Å². The molecule has 3 aliphatic heterocycles. The van der Waals surface area contributed by atoms with Crippen LogP contribution < -0.4 is 9.47 Å². The molecule has 0 bridgehead atoms. The van der Waals surface area contributed by atoms with E-state index in [1.165, 1.54) is 20.9 Å². The number of hydrogen-bond acceptors (Lipinski definition) is 4. The molecule has 3 heterocycles. The second kappa shape index (κ2) is 4.90. The van der Waals surface area contributed by atoms with Gasteiger partial charge in [0.05, 0.1) is 0 Å². The molecule has 3 nitrogen and oxygen atoms in total. The van der Waals surface area contributed by atoms with Crippen molar-refractivity contribution >= 4 is 23.0 Å². The maximum atomic E-state index is 5.74. The van der Waals surface area contributed by atoms with Gasteiger partial charge in [-0.2, -0.15) is 0 Å². The fraction of sp³-hybridized carbons (Fsp3) is 0.211. The molecule has 0 saturated heterocycles. The van der Waals surface area contributed by atoms with Gasteiger partial charge in [-0.3, -0.25) is 4.99 Å². The van der Waals surface area contributed by atoms with E-state index >= 15 is 0 Å². The molecule has 4 heteroatoms. The molecule has 0 fully saturated rings. The monoisotopic (exact) mass is 321 g/mol. The van der Waals surface area contributed by atoms with E-state index < -0.39 is 0 Å². The maximum Gasteiger partial charge on any atom is 0.161 e. The van der Waals surface area contributed by atoms with Crippen LogP contribution in [0.3, 0.4) is 0 Å². The minimum Gasteiger partial charge on any atom is -0.486 e. The van der Waals surface area contributed by atoms with Crippen LogP contribution in [0.25, 0.3) is 5.57 Å². The first kappa shape index (κ1) is 13.3. The fourth-order valence-corrected chi connectivity index (χ4v) is 4.76. The van der Waals surface area contributed by atoms with E-state index in [0.717, 1.165) is 22.8 Å². The molecule has 114 valence electrons. The van der Waals surface area contributed by atoms with Crippen LogP contribution in [0.15, 0.2) is 57.3 Å². The zero-order valence-electron chi connectivity index (χ0n) is 12.7. The summed E-state index contributed by atoms with van der Waals surface area (Å²) < 4.78 is 11.4. The first-order valence-electron chi connectivity index (χ1n) is 7.77. The predicted octanol–water partition coefficient (Wildman–Crippen LogP) is 4.49. The Morgan fingerprint density at radius 3 is 2.78 bits per heavy atom. The third-order valence-electron chi connectivity index (χ3n) is 4.44. The Morgan fingerprint density at radius 1 is 1.04 bits per heavy atom. The van der Waals surface area contributed by atoms with Crippen LogP contribution in [-0.4, -0.2) is 18.9 Å². The quantitative estimate of drug-likeness (QED) is 0.775. The summed E-state index contributed by atoms with van der Waals surface area (Å²) in [6, 6.07) is 14.9. The molecule has 0 aromatic heterocycles. The highest BCUT2D eigenvalue weighted by Gasteiger charge is 2.35. The zero-order valence-corrected chi connectivity index (χ0v) is 13.5. The second-order valence-electron chi connectivity index (χ2n) is 5.85. The molecule has 0 spiro atoms. The molecule has 3 aliphatic rings. The second-order valence-corrected chi connectivity index (χ2v) is 6.94. The number of thioether (sulfide) groups is 1. The number of benzene rings is 2. The summed E-state index contributed by atoms with van der Waals surface area (Å²) in [5.41, 5.74) is 4.82. The Kier molecular flexibility index (Phi) is 2.82. The van der Waals surface area contributed by atoms with Crippen LogP contribution in [0.4, 0.5) is 0 Å². The van der Waals surface area contributed by atoms with Crippen LogP contribution in [-0.2, 0) is 0 Å². The molecular weight excluding hydrogens is 306 g/mol. The van der Waals surface area contributed by atoms with E-state index in [1.54, 1.807) is 0 Å². The van der Waals surface area contributed by atoms with Crippen LogP contribution in [0, 0.1) is 0 Å². The summed E-state index contributed by atoms with van der Waals surface area (Å²) in [6.07, 6.45) is 0. The van der Waals surface area contributed by atoms with Crippen molar-refractivity contribution in [1.29, 1.82) is 0 Å². The van der Waals surface area contributed by atoms with Crippen molar-refractivity contribution in [3.63, 3.8) is 0 Å². The van der Waals surface area contributed by atoms with E-state index in [-0.39, 0.29) is 6.04 Å². The van der Waals surface area contributed by atoms with Crippen LogP contribution in [0.2, 0.25) is 0 Å². The molecule has 0 N–H and O–H groups in total. The van der Waals surface area contributed by atoms with E-state index in [9.17, 15) is 0 Å². The van der Waals surface area contributed by atoms with Gasteiger partial charge in [0.2, 0.25) is 0 Å². The summed E-state index contributed by atoms with van der Waals surface area (Å²) >= 11 is 1.84. The molecular formula is C19H15NO2S. The number of hydrogen-bond donors (Lipinski definition) is 0. The standard InChI is InChI=1S/C19H15NO2S/c1-11-17(12-6-7-14-15(10-12)22-9-8-21-14)19-18(20-11)13-4-2-3-5-16(13)23-19/h2-7,10,18H,8-9H2,1H3. The summed E-state index contributed by atoms with van der Waals surface area (Å²) in [7, 11) is 0. The fourth-order valence-electron chi connectivity index (χ4n) is 3.42. The number of allylic oxidation sites excluding steroid dienone is 1. The average molecular weight is 321 g/mol. The minimum atomic E-state index is 0.166. The summed E-state index contributed by atoms with van der Waals surface area (Å²) in [6.45, 7) is 3.33. The van der Waals surface area contributed by atoms with Gasteiger partial charge in [0.15, 0.2) is 11.5 Å². The van der Waals surface area contributed by atoms with Crippen LogP contribution >= 0.6 is 11.8 Å². The highest BCUT2D eigenvalue weighted by molar-refractivity contribution is 8.03. The highest BCUT2D eigenvalue weighted by atomic mass is 32.2. The first-order valence-corrected chi connectivity index (χ1v) is 8.58. The molecule has 0 saturated carbocycles. The zero-order chi connectivity index (χ0) is 15.4. The number of ether oxygens (including phenoxy) is 2. The van der Waals surface area contributed by atoms with Crippen molar-refractivity contribution in [3.8, 4) is 11.5 Å². The molecule has 1 atom stereocenters. The van der Waals surface area contributed by atoms with E-state index in [1.807, 2.05) is 17.8 Å². The minimum absolute atomic E-state index is 0.166. The average Bonchev–Trinajstić information content (AvgIpc) is 3.09. The van der Waals surface area contributed by atoms with Crippen molar-refractivity contribution in [3.05, 3.63) is 58.5 Å². The summed E-state index contributed by atoms with van der Waals surface area (Å²) in [5, 5.41) is 0. The number of rotatable bonds is 1. The van der Waals surface area contributed by atoms with E-state index in [4.69, 9.17) is 14.5 Å². The molecule has 1 unspecified atom stereocenters. The van der Waals surface area contributed by atoms with Crippen molar-refractivity contribution < 1.29 is 9.47 Å². The van der Waals surface area contributed by atoms with E-state index in [2.05, 4.69) is 43.3 Å². The van der Waals surface area contributed by atoms with Gasteiger partial charge in [-0.15, -0.1) is 0 Å². The molecule has 5 rings (SSSR count). The SMILES string of the molecule is CC1=NC2C(=C1c1ccc3c(c1)OCCO3)Sc1ccccc12. The molecule has 0 aliphatic carbocycles. The Bertz CT molecular complexity index is 885. The van der Waals surface area contributed by atoms with Gasteiger partial charge in [0.1, 0.15) is 19.3 Å². The lowest BCUT2D eigenvalue weighted by Gasteiger charge is -2.19. The van der Waals surface area contributed by atoms with Crippen LogP contribution in [0.1, 0.15) is 24.1 Å². The highest BCUT2D eigenvalue weighted by Crippen LogP contribution is 2.55. The smallest absolute Gasteiger partial charge is 0.161 e. The van der Waals surface area contributed by atoms with Gasteiger partial charge in [0, 0.05) is 21.1 Å². The van der Waals surface area contributed by atoms with Gasteiger partial charge < -0.3 is 9.47 Å². The molecule has 23 heavy (non-hydrogen) atoms. The molecule has 2 aromatic rings. The lowest BCUT2D eigenvalue weighted by Crippen LogP contribution is -2.15. The van der Waals surface area contributed by atoms with Crippen molar-refractivity contribution in [2.45, 2.75) is 17.9 Å². The van der Waals surface area contributed by atoms with Gasteiger partial charge in [-0.25, -0.2) is 0 Å². The van der Waals surface area contributed by atoms with Crippen molar-refractivity contribution in [1.82, 2.24) is 0 Å². The predicted molar refractivity (Wildman–Crippen MR) is 92.5 cm³/mol. The van der Waals surface area contributed by atoms with Gasteiger partial charge in [0.25, 0.3) is 0 Å². The summed E-state index contributed by atoms with van der Waals surface area (Å²) in [4.78, 5) is 7.56. The van der Waals surface area contributed by atoms with Crippen molar-refractivity contribution in [2.24, 2.45) is 4.99 Å². The lowest BCUT2D eigenvalue weighted by atomic mass is 10.00. The molecule has 0 amide bonds. The number of fused-ring (bicyclic) bond motifs is 4. The maximum absolute atomic E-state index is 5.74. The molecule has 0 radical (unpaired) electrons. The molecule has 2 aromatic carbocycles. The van der Waals surface area contributed by atoms with Crippen molar-refractivity contribution in [2.75, 3.05) is 13.2 Å². The largest absolute Gasteiger partial charge is 0.486 e. The Balaban J connectivity index is 1.64. The van der Waals surface area contributed by atoms with Gasteiger partial charge in [-0.05, 0) is 36.2 Å². The normalized spacial score (nSPS) is 21.1. The number of nitrogens with zero attached hydrogens (tertiary/aromatic N) is 1. The first-order chi connectivity index (χ1) is 11.3. The summed E-state index contributed by atoms with van der Waals surface area (Å²) in [5.74, 6) is 1.66.